The smallest absolute Gasteiger partial charge is 0.331 e. The van der Waals surface area contributed by atoms with E-state index in [1.807, 2.05) is 36.4 Å². The Hall–Kier alpha value is -4.76. The summed E-state index contributed by atoms with van der Waals surface area (Å²) in [5.74, 6) is -4.13. The fourth-order valence-electron chi connectivity index (χ4n) is 7.72. The number of hydrogen-bond acceptors (Lipinski definition) is 4. The van der Waals surface area contributed by atoms with E-state index in [1.165, 1.54) is 9.80 Å². The summed E-state index contributed by atoms with van der Waals surface area (Å²) in [4.78, 5) is 46.4. The van der Waals surface area contributed by atoms with Gasteiger partial charge in [-0.1, -0.05) is 109 Å². The van der Waals surface area contributed by atoms with Crippen LogP contribution in [-0.4, -0.2) is 41.3 Å². The Morgan fingerprint density at radius 1 is 0.800 bits per heavy atom. The number of carbonyl (C=O) groups excluding carboxylic acids is 3. The zero-order valence-corrected chi connectivity index (χ0v) is 24.4. The molecule has 3 aliphatic heterocycles. The SMILES string of the molecule is Cc1ccc2c(c1)[C@@]1(N[C@H](C(F)(F)F)[C@@H](c3ccccc3)[C@@]13CN(Cc1ccccc1)C(=O)C3=O)C(=O)N2Cc1ccccc1. The number of Topliss-reactive ketones (excluding diaryl/α,β-unsaturated/α-hetero) is 1. The molecule has 1 N–H and O–H groups in total. The van der Waals surface area contributed by atoms with Crippen LogP contribution in [0.4, 0.5) is 18.9 Å². The van der Waals surface area contributed by atoms with E-state index in [0.717, 1.165) is 11.1 Å². The molecular weight excluding hydrogens is 579 g/mol. The van der Waals surface area contributed by atoms with Crippen molar-refractivity contribution in [2.75, 3.05) is 11.4 Å². The number of aryl methyl sites for hydroxylation is 1. The molecule has 7 rings (SSSR count). The van der Waals surface area contributed by atoms with Gasteiger partial charge in [-0.15, -0.1) is 0 Å². The highest BCUT2D eigenvalue weighted by Crippen LogP contribution is 2.65. The molecule has 2 spiro atoms. The number of fused-ring (bicyclic) bond motifs is 3. The van der Waals surface area contributed by atoms with Crippen molar-refractivity contribution < 1.29 is 27.6 Å². The number of likely N-dealkylation sites (tertiary alicyclic amines) is 1. The lowest BCUT2D eigenvalue weighted by molar-refractivity contribution is -0.159. The molecule has 4 aromatic carbocycles. The van der Waals surface area contributed by atoms with E-state index < -0.39 is 46.7 Å². The third-order valence-electron chi connectivity index (χ3n) is 9.56. The summed E-state index contributed by atoms with van der Waals surface area (Å²) in [5, 5.41) is 2.76. The Morgan fingerprint density at radius 2 is 1.38 bits per heavy atom. The van der Waals surface area contributed by atoms with E-state index >= 15 is 18.0 Å². The van der Waals surface area contributed by atoms with Gasteiger partial charge in [-0.3, -0.25) is 19.7 Å². The molecule has 0 saturated carbocycles. The molecule has 0 aliphatic carbocycles. The van der Waals surface area contributed by atoms with Gasteiger partial charge in [0, 0.05) is 30.3 Å². The molecule has 45 heavy (non-hydrogen) atoms. The van der Waals surface area contributed by atoms with Crippen LogP contribution in [0.5, 0.6) is 0 Å². The fourth-order valence-corrected chi connectivity index (χ4v) is 7.72. The van der Waals surface area contributed by atoms with Crippen molar-refractivity contribution >= 4 is 23.3 Å². The number of hydrogen-bond donors (Lipinski definition) is 1. The first-order chi connectivity index (χ1) is 21.6. The third kappa shape index (κ3) is 4.24. The first-order valence-corrected chi connectivity index (χ1v) is 14.8. The minimum Gasteiger partial charge on any atom is -0.331 e. The molecule has 0 radical (unpaired) electrons. The largest absolute Gasteiger partial charge is 0.404 e. The number of carbonyl (C=O) groups is 3. The van der Waals surface area contributed by atoms with Crippen LogP contribution in [0.15, 0.2) is 109 Å². The zero-order chi connectivity index (χ0) is 31.6. The van der Waals surface area contributed by atoms with Crippen molar-refractivity contribution in [1.29, 1.82) is 0 Å². The van der Waals surface area contributed by atoms with Gasteiger partial charge in [0.15, 0.2) is 0 Å². The highest BCUT2D eigenvalue weighted by Gasteiger charge is 2.81. The van der Waals surface area contributed by atoms with Crippen LogP contribution in [0.1, 0.15) is 33.7 Å². The third-order valence-corrected chi connectivity index (χ3v) is 9.56. The number of anilines is 1. The van der Waals surface area contributed by atoms with Crippen molar-refractivity contribution in [3.63, 3.8) is 0 Å². The van der Waals surface area contributed by atoms with Crippen LogP contribution in [-0.2, 0) is 33.0 Å². The molecule has 4 atom stereocenters. The fraction of sp³-hybridized carbons (Fsp3) is 0.250. The maximum absolute atomic E-state index is 15.3. The molecule has 3 heterocycles. The van der Waals surface area contributed by atoms with Gasteiger partial charge in [0.1, 0.15) is 11.6 Å². The molecule has 6 nitrogen and oxygen atoms in total. The van der Waals surface area contributed by atoms with Crippen LogP contribution in [0.25, 0.3) is 0 Å². The number of benzene rings is 4. The minimum atomic E-state index is -4.86. The standard InChI is InChI=1S/C36H30F3N3O3/c1-23-17-18-28-27(19-23)35(33(45)42(28)21-25-13-7-3-8-14-25)34(22-41(32(44)31(34)43)20-24-11-5-2-6-12-24)29(26-15-9-4-10-16-26)30(40-35)36(37,38)39/h2-19,29-30,40H,20-22H2,1H3/t29-,30+,34-,35-/m1/s1. The Kier molecular flexibility index (Phi) is 6.70. The van der Waals surface area contributed by atoms with Crippen LogP contribution in [0.2, 0.25) is 0 Å². The predicted molar refractivity (Wildman–Crippen MR) is 162 cm³/mol. The minimum absolute atomic E-state index is 0.0179. The average Bonchev–Trinajstić information content (AvgIpc) is 3.57. The molecule has 2 fully saturated rings. The van der Waals surface area contributed by atoms with Crippen LogP contribution >= 0.6 is 0 Å². The van der Waals surface area contributed by atoms with Gasteiger partial charge in [-0.25, -0.2) is 0 Å². The van der Waals surface area contributed by atoms with E-state index in [-0.39, 0.29) is 30.8 Å². The second kappa shape index (κ2) is 10.4. The van der Waals surface area contributed by atoms with Gasteiger partial charge in [0.05, 0.1) is 12.0 Å². The van der Waals surface area contributed by atoms with Crippen molar-refractivity contribution in [1.82, 2.24) is 10.2 Å². The molecule has 0 unspecified atom stereocenters. The van der Waals surface area contributed by atoms with Gasteiger partial charge in [0.2, 0.25) is 5.78 Å². The Bertz CT molecular complexity index is 1800. The second-order valence-electron chi connectivity index (χ2n) is 12.1. The van der Waals surface area contributed by atoms with E-state index in [1.54, 1.807) is 79.7 Å². The van der Waals surface area contributed by atoms with Gasteiger partial charge >= 0.3 is 6.18 Å². The summed E-state index contributed by atoms with van der Waals surface area (Å²) < 4.78 is 45.8. The first-order valence-electron chi connectivity index (χ1n) is 14.8. The summed E-state index contributed by atoms with van der Waals surface area (Å²) in [6.07, 6.45) is -4.86. The Labute approximate surface area is 258 Å². The molecule has 9 heteroatoms. The summed E-state index contributed by atoms with van der Waals surface area (Å²) in [6.45, 7) is 1.53. The van der Waals surface area contributed by atoms with Crippen molar-refractivity contribution in [2.45, 2.75) is 43.7 Å². The molecule has 2 saturated heterocycles. The van der Waals surface area contributed by atoms with Crippen LogP contribution < -0.4 is 10.2 Å². The van der Waals surface area contributed by atoms with Gasteiger partial charge in [0.25, 0.3) is 11.8 Å². The quantitative estimate of drug-likeness (QED) is 0.297. The topological polar surface area (TPSA) is 69.7 Å². The van der Waals surface area contributed by atoms with Gasteiger partial charge in [-0.05, 0) is 29.7 Å². The van der Waals surface area contributed by atoms with Crippen LogP contribution in [0, 0.1) is 12.3 Å². The summed E-state index contributed by atoms with van der Waals surface area (Å²) in [7, 11) is 0. The zero-order valence-electron chi connectivity index (χ0n) is 24.4. The highest BCUT2D eigenvalue weighted by molar-refractivity contribution is 6.42. The highest BCUT2D eigenvalue weighted by atomic mass is 19.4. The Morgan fingerprint density at radius 3 is 1.98 bits per heavy atom. The molecule has 2 amide bonds. The van der Waals surface area contributed by atoms with E-state index in [0.29, 0.717) is 11.3 Å². The van der Waals surface area contributed by atoms with Crippen molar-refractivity contribution in [3.8, 4) is 0 Å². The molecule has 4 aromatic rings. The second-order valence-corrected chi connectivity index (χ2v) is 12.1. The first kappa shape index (κ1) is 29.0. The lowest BCUT2D eigenvalue weighted by Crippen LogP contribution is -2.61. The number of alkyl halides is 3. The molecule has 0 aromatic heterocycles. The monoisotopic (exact) mass is 609 g/mol. The molecular formula is C36H30F3N3O3. The molecule has 0 bridgehead atoms. The number of nitrogens with zero attached hydrogens (tertiary/aromatic N) is 2. The maximum Gasteiger partial charge on any atom is 0.404 e. The number of halogens is 3. The van der Waals surface area contributed by atoms with Crippen molar-refractivity contribution in [3.05, 3.63) is 137 Å². The van der Waals surface area contributed by atoms with Crippen molar-refractivity contribution in [2.24, 2.45) is 5.41 Å². The summed E-state index contributed by atoms with van der Waals surface area (Å²) in [6, 6.07) is 29.0. The number of rotatable bonds is 5. The summed E-state index contributed by atoms with van der Waals surface area (Å²) in [5.41, 5.74) is -1.14. The average molecular weight is 610 g/mol. The normalized spacial score (nSPS) is 26.0. The number of amides is 2. The summed E-state index contributed by atoms with van der Waals surface area (Å²) >= 11 is 0. The van der Waals surface area contributed by atoms with Crippen LogP contribution in [0.3, 0.4) is 0 Å². The predicted octanol–water partition coefficient (Wildman–Crippen LogP) is 5.65. The number of ketones is 1. The molecule has 3 aliphatic rings. The van der Waals surface area contributed by atoms with E-state index in [4.69, 9.17) is 0 Å². The van der Waals surface area contributed by atoms with E-state index in [9.17, 15) is 9.59 Å². The van der Waals surface area contributed by atoms with Gasteiger partial charge in [-0.2, -0.15) is 13.2 Å². The van der Waals surface area contributed by atoms with E-state index in [2.05, 4.69) is 5.32 Å². The van der Waals surface area contributed by atoms with Gasteiger partial charge < -0.3 is 9.80 Å². The lowest BCUT2D eigenvalue weighted by atomic mass is 9.59. The maximum atomic E-state index is 15.3. The lowest BCUT2D eigenvalue weighted by Gasteiger charge is -2.40. The number of nitrogens with one attached hydrogen (secondary N) is 1. The molecule has 228 valence electrons. The Balaban J connectivity index is 1.49.